The standard InChI is InChI=1S/C12H14N4O3/c1-15-7-8(6-13-15)16-10(18)12(4-2-3-5-12)9(17)14-11(16)19/h6-7H,2-5H2,1H3,(H,14,17,19). The average molecular weight is 262 g/mol. The minimum absolute atomic E-state index is 0.392. The highest BCUT2D eigenvalue weighted by Crippen LogP contribution is 2.42. The fraction of sp³-hybridized carbons (Fsp3) is 0.500. The molecular formula is C12H14N4O3. The summed E-state index contributed by atoms with van der Waals surface area (Å²) in [7, 11) is 1.70. The first-order chi connectivity index (χ1) is 9.04. The van der Waals surface area contributed by atoms with Crippen LogP contribution in [0, 0.1) is 5.41 Å². The Kier molecular flexibility index (Phi) is 2.44. The van der Waals surface area contributed by atoms with Crippen molar-refractivity contribution in [3.05, 3.63) is 12.4 Å². The van der Waals surface area contributed by atoms with Crippen LogP contribution in [0.1, 0.15) is 25.7 Å². The number of aromatic nitrogens is 2. The molecule has 2 aliphatic rings. The van der Waals surface area contributed by atoms with Gasteiger partial charge in [-0.15, -0.1) is 0 Å². The van der Waals surface area contributed by atoms with E-state index in [9.17, 15) is 14.4 Å². The molecule has 0 atom stereocenters. The molecule has 2 heterocycles. The van der Waals surface area contributed by atoms with E-state index < -0.39 is 23.3 Å². The molecule has 0 unspecified atom stereocenters. The van der Waals surface area contributed by atoms with Crippen molar-refractivity contribution in [2.45, 2.75) is 25.7 Å². The number of hydrogen-bond donors (Lipinski definition) is 1. The fourth-order valence-electron chi connectivity index (χ4n) is 2.85. The van der Waals surface area contributed by atoms with E-state index in [1.165, 1.54) is 10.9 Å². The van der Waals surface area contributed by atoms with Crippen molar-refractivity contribution < 1.29 is 14.4 Å². The first-order valence-electron chi connectivity index (χ1n) is 6.23. The molecule has 1 aliphatic carbocycles. The Morgan fingerprint density at radius 1 is 1.26 bits per heavy atom. The molecule has 7 heteroatoms. The zero-order chi connectivity index (χ0) is 13.6. The van der Waals surface area contributed by atoms with Crippen molar-refractivity contribution in [3.8, 4) is 0 Å². The highest BCUT2D eigenvalue weighted by molar-refractivity contribution is 6.29. The molecule has 2 fully saturated rings. The molecule has 1 saturated heterocycles. The number of nitrogens with one attached hydrogen (secondary N) is 1. The number of rotatable bonds is 1. The molecule has 3 rings (SSSR count). The van der Waals surface area contributed by atoms with Gasteiger partial charge in [-0.05, 0) is 12.8 Å². The minimum Gasteiger partial charge on any atom is -0.276 e. The Labute approximate surface area is 109 Å². The molecule has 7 nitrogen and oxygen atoms in total. The number of nitrogens with zero attached hydrogens (tertiary/aromatic N) is 3. The van der Waals surface area contributed by atoms with Crippen LogP contribution in [0.2, 0.25) is 0 Å². The predicted octanol–water partition coefficient (Wildman–Crippen LogP) is 0.563. The second-order valence-electron chi connectivity index (χ2n) is 5.06. The number of carbonyl (C=O) groups excluding carboxylic acids is 3. The molecule has 19 heavy (non-hydrogen) atoms. The lowest BCUT2D eigenvalue weighted by Gasteiger charge is -2.35. The zero-order valence-electron chi connectivity index (χ0n) is 10.5. The van der Waals surface area contributed by atoms with Crippen LogP contribution < -0.4 is 10.2 Å². The predicted molar refractivity (Wildman–Crippen MR) is 65.1 cm³/mol. The molecule has 100 valence electrons. The van der Waals surface area contributed by atoms with Gasteiger partial charge in [-0.2, -0.15) is 5.10 Å². The van der Waals surface area contributed by atoms with Crippen molar-refractivity contribution >= 4 is 23.5 Å². The summed E-state index contributed by atoms with van der Waals surface area (Å²) >= 11 is 0. The van der Waals surface area contributed by atoms with Gasteiger partial charge in [-0.1, -0.05) is 12.8 Å². The second-order valence-corrected chi connectivity index (χ2v) is 5.06. The van der Waals surface area contributed by atoms with Gasteiger partial charge in [0.15, 0.2) is 0 Å². The number of barbiturate groups is 1. The summed E-state index contributed by atoms with van der Waals surface area (Å²) in [5.41, 5.74) is -0.673. The molecule has 1 aromatic heterocycles. The largest absolute Gasteiger partial charge is 0.335 e. The molecule has 1 N–H and O–H groups in total. The summed E-state index contributed by atoms with van der Waals surface area (Å²) in [6.45, 7) is 0. The van der Waals surface area contributed by atoms with Gasteiger partial charge in [0.1, 0.15) is 5.41 Å². The monoisotopic (exact) mass is 262 g/mol. The van der Waals surface area contributed by atoms with Crippen LogP contribution in [0.5, 0.6) is 0 Å². The van der Waals surface area contributed by atoms with Gasteiger partial charge in [0.2, 0.25) is 5.91 Å². The van der Waals surface area contributed by atoms with Crippen molar-refractivity contribution in [1.29, 1.82) is 0 Å². The Hall–Kier alpha value is -2.18. The molecule has 0 radical (unpaired) electrons. The van der Waals surface area contributed by atoms with Crippen LogP contribution in [-0.4, -0.2) is 27.6 Å². The van der Waals surface area contributed by atoms with Gasteiger partial charge in [0, 0.05) is 13.2 Å². The van der Waals surface area contributed by atoms with E-state index in [-0.39, 0.29) is 0 Å². The Bertz CT molecular complexity index is 571. The van der Waals surface area contributed by atoms with E-state index in [1.54, 1.807) is 13.2 Å². The Morgan fingerprint density at radius 2 is 1.95 bits per heavy atom. The number of urea groups is 1. The third-order valence-electron chi connectivity index (χ3n) is 3.88. The zero-order valence-corrected chi connectivity index (χ0v) is 10.5. The van der Waals surface area contributed by atoms with Crippen LogP contribution in [-0.2, 0) is 16.6 Å². The van der Waals surface area contributed by atoms with Crippen LogP contribution in [0.25, 0.3) is 0 Å². The maximum atomic E-state index is 12.6. The van der Waals surface area contributed by atoms with E-state index in [4.69, 9.17) is 0 Å². The molecular weight excluding hydrogens is 248 g/mol. The minimum atomic E-state index is -1.07. The average Bonchev–Trinajstić information content (AvgIpc) is 2.97. The summed E-state index contributed by atoms with van der Waals surface area (Å²) in [5, 5.41) is 6.24. The van der Waals surface area contributed by atoms with E-state index in [0.717, 1.165) is 17.7 Å². The summed E-state index contributed by atoms with van der Waals surface area (Å²) in [4.78, 5) is 37.5. The van der Waals surface area contributed by atoms with Gasteiger partial charge >= 0.3 is 6.03 Å². The lowest BCUT2D eigenvalue weighted by molar-refractivity contribution is -0.142. The maximum absolute atomic E-state index is 12.6. The Morgan fingerprint density at radius 3 is 2.53 bits per heavy atom. The summed E-state index contributed by atoms with van der Waals surface area (Å²) in [6, 6.07) is -0.694. The summed E-state index contributed by atoms with van der Waals surface area (Å²) in [5.74, 6) is -0.883. The molecule has 1 aliphatic heterocycles. The molecule has 1 saturated carbocycles. The van der Waals surface area contributed by atoms with Gasteiger partial charge < -0.3 is 0 Å². The Balaban J connectivity index is 2.02. The fourth-order valence-corrected chi connectivity index (χ4v) is 2.85. The molecule has 1 spiro atoms. The summed E-state index contributed by atoms with van der Waals surface area (Å²) in [6.07, 6.45) is 5.68. The van der Waals surface area contributed by atoms with Gasteiger partial charge in [-0.25, -0.2) is 9.69 Å². The third-order valence-corrected chi connectivity index (χ3v) is 3.88. The van der Waals surface area contributed by atoms with Crippen LogP contribution in [0.4, 0.5) is 10.5 Å². The SMILES string of the molecule is Cn1cc(N2C(=O)NC(=O)C3(CCCC3)C2=O)cn1. The number of imide groups is 2. The highest BCUT2D eigenvalue weighted by Gasteiger charge is 2.55. The van der Waals surface area contributed by atoms with Crippen LogP contribution in [0.3, 0.4) is 0 Å². The van der Waals surface area contributed by atoms with Crippen molar-refractivity contribution in [1.82, 2.24) is 15.1 Å². The van der Waals surface area contributed by atoms with E-state index >= 15 is 0 Å². The number of anilines is 1. The molecule has 0 bridgehead atoms. The van der Waals surface area contributed by atoms with Crippen LogP contribution in [0.15, 0.2) is 12.4 Å². The second kappa shape index (κ2) is 3.91. The lowest BCUT2D eigenvalue weighted by Crippen LogP contribution is -2.63. The maximum Gasteiger partial charge on any atom is 0.335 e. The third kappa shape index (κ3) is 1.57. The van der Waals surface area contributed by atoms with Gasteiger partial charge in [0.25, 0.3) is 5.91 Å². The van der Waals surface area contributed by atoms with Crippen molar-refractivity contribution in [2.24, 2.45) is 12.5 Å². The first-order valence-corrected chi connectivity index (χ1v) is 6.23. The quantitative estimate of drug-likeness (QED) is 0.749. The number of carbonyl (C=O) groups is 3. The topological polar surface area (TPSA) is 84.3 Å². The normalized spacial score (nSPS) is 22.2. The van der Waals surface area contributed by atoms with Crippen LogP contribution >= 0.6 is 0 Å². The lowest BCUT2D eigenvalue weighted by atomic mass is 9.82. The van der Waals surface area contributed by atoms with E-state index in [1.807, 2.05) is 0 Å². The molecule has 4 amide bonds. The van der Waals surface area contributed by atoms with Gasteiger partial charge in [-0.3, -0.25) is 19.6 Å². The van der Waals surface area contributed by atoms with E-state index in [0.29, 0.717) is 18.5 Å². The van der Waals surface area contributed by atoms with Crippen molar-refractivity contribution in [3.63, 3.8) is 0 Å². The molecule has 0 aromatic carbocycles. The first kappa shape index (κ1) is 11.9. The number of hydrogen-bond acceptors (Lipinski definition) is 4. The number of aryl methyl sites for hydroxylation is 1. The number of amides is 4. The highest BCUT2D eigenvalue weighted by atomic mass is 16.2. The smallest absolute Gasteiger partial charge is 0.276 e. The molecule has 1 aromatic rings. The van der Waals surface area contributed by atoms with E-state index in [2.05, 4.69) is 10.4 Å². The van der Waals surface area contributed by atoms with Crippen molar-refractivity contribution in [2.75, 3.05) is 4.90 Å². The van der Waals surface area contributed by atoms with Gasteiger partial charge in [0.05, 0.1) is 11.9 Å². The summed E-state index contributed by atoms with van der Waals surface area (Å²) < 4.78 is 1.51.